The summed E-state index contributed by atoms with van der Waals surface area (Å²) >= 11 is 1.46. The highest BCUT2D eigenvalue weighted by Gasteiger charge is 2.26. The summed E-state index contributed by atoms with van der Waals surface area (Å²) in [6.45, 7) is 2.20. The van der Waals surface area contributed by atoms with Crippen molar-refractivity contribution < 1.29 is 12.8 Å². The lowest BCUT2D eigenvalue weighted by Crippen LogP contribution is -2.30. The Bertz CT molecular complexity index is 684. The van der Waals surface area contributed by atoms with Gasteiger partial charge in [-0.25, -0.2) is 12.8 Å². The van der Waals surface area contributed by atoms with E-state index in [9.17, 15) is 12.8 Å². The van der Waals surface area contributed by atoms with E-state index >= 15 is 0 Å². The van der Waals surface area contributed by atoms with Gasteiger partial charge < -0.3 is 5.73 Å². The van der Waals surface area contributed by atoms with Crippen molar-refractivity contribution >= 4 is 27.0 Å². The highest BCUT2D eigenvalue weighted by Crippen LogP contribution is 2.24. The molecule has 0 radical (unpaired) electrons. The Morgan fingerprint density at radius 3 is 2.70 bits per heavy atom. The summed E-state index contributed by atoms with van der Waals surface area (Å²) in [5, 5.41) is 1.87. The first-order valence-corrected chi connectivity index (χ1v) is 8.34. The largest absolute Gasteiger partial charge is 0.399 e. The molecule has 0 aliphatic carbocycles. The molecule has 0 bridgehead atoms. The van der Waals surface area contributed by atoms with Gasteiger partial charge in [-0.05, 0) is 29.6 Å². The number of anilines is 1. The fraction of sp³-hybridized carbons (Fsp3) is 0.231. The van der Waals surface area contributed by atoms with Crippen LogP contribution < -0.4 is 5.73 Å². The first-order chi connectivity index (χ1) is 9.45. The van der Waals surface area contributed by atoms with Gasteiger partial charge in [-0.1, -0.05) is 13.0 Å². The van der Waals surface area contributed by atoms with Gasteiger partial charge >= 0.3 is 0 Å². The van der Waals surface area contributed by atoms with Crippen molar-refractivity contribution in [2.75, 3.05) is 12.3 Å². The van der Waals surface area contributed by atoms with Crippen LogP contribution in [0.3, 0.4) is 0 Å². The molecule has 0 spiro atoms. The van der Waals surface area contributed by atoms with E-state index in [0.29, 0.717) is 0 Å². The lowest BCUT2D eigenvalue weighted by Gasteiger charge is -2.20. The quantitative estimate of drug-likeness (QED) is 0.863. The fourth-order valence-electron chi connectivity index (χ4n) is 1.80. The molecule has 0 amide bonds. The monoisotopic (exact) mass is 314 g/mol. The number of nitrogens with two attached hydrogens (primary N) is 1. The zero-order chi connectivity index (χ0) is 14.8. The predicted octanol–water partition coefficient (Wildman–Crippen LogP) is 2.68. The summed E-state index contributed by atoms with van der Waals surface area (Å²) < 4.78 is 40.0. The molecule has 20 heavy (non-hydrogen) atoms. The third-order valence-corrected chi connectivity index (χ3v) is 5.64. The molecule has 2 aromatic rings. The van der Waals surface area contributed by atoms with E-state index in [1.165, 1.54) is 21.7 Å². The van der Waals surface area contributed by atoms with Gasteiger partial charge in [0.25, 0.3) is 0 Å². The molecule has 0 aliphatic heterocycles. The summed E-state index contributed by atoms with van der Waals surface area (Å²) in [4.78, 5) is 0.524. The Labute approximate surface area is 121 Å². The van der Waals surface area contributed by atoms with Crippen LogP contribution in [0.15, 0.2) is 40.6 Å². The summed E-state index contributed by atoms with van der Waals surface area (Å²) in [7, 11) is -3.90. The van der Waals surface area contributed by atoms with E-state index in [-0.39, 0.29) is 23.7 Å². The van der Waals surface area contributed by atoms with Gasteiger partial charge in [0, 0.05) is 23.7 Å². The molecule has 2 rings (SSSR count). The summed E-state index contributed by atoms with van der Waals surface area (Å²) in [6, 6.07) is 7.26. The smallest absolute Gasteiger partial charge is 0.246 e. The van der Waals surface area contributed by atoms with Crippen LogP contribution in [0, 0.1) is 5.82 Å². The number of hydrogen-bond donors (Lipinski definition) is 1. The average Bonchev–Trinajstić information content (AvgIpc) is 2.91. The van der Waals surface area contributed by atoms with Gasteiger partial charge in [0.2, 0.25) is 10.0 Å². The molecule has 7 heteroatoms. The second kappa shape index (κ2) is 5.90. The molecule has 0 saturated heterocycles. The van der Waals surface area contributed by atoms with Crippen molar-refractivity contribution in [2.45, 2.75) is 18.4 Å². The lowest BCUT2D eigenvalue weighted by atomic mass is 10.3. The summed E-state index contributed by atoms with van der Waals surface area (Å²) in [6.07, 6.45) is 0. The Hall–Kier alpha value is -1.44. The molecule has 0 aliphatic rings. The Morgan fingerprint density at radius 1 is 1.35 bits per heavy atom. The third-order valence-electron chi connectivity index (χ3n) is 2.84. The molecule has 1 aromatic carbocycles. The van der Waals surface area contributed by atoms with E-state index in [0.717, 1.165) is 17.0 Å². The number of halogens is 1. The molecule has 4 nitrogen and oxygen atoms in total. The minimum Gasteiger partial charge on any atom is -0.399 e. The molecular weight excluding hydrogens is 299 g/mol. The maximum absolute atomic E-state index is 13.8. The molecule has 1 heterocycles. The zero-order valence-corrected chi connectivity index (χ0v) is 12.5. The molecular formula is C13H15FN2O2S2. The summed E-state index contributed by atoms with van der Waals surface area (Å²) in [5.74, 6) is -0.788. The number of rotatable bonds is 5. The molecule has 2 N–H and O–H groups in total. The first kappa shape index (κ1) is 15.0. The van der Waals surface area contributed by atoms with E-state index in [2.05, 4.69) is 0 Å². The molecule has 0 saturated carbocycles. The van der Waals surface area contributed by atoms with Crippen LogP contribution in [0.2, 0.25) is 0 Å². The van der Waals surface area contributed by atoms with Crippen molar-refractivity contribution in [1.29, 1.82) is 0 Å². The van der Waals surface area contributed by atoms with Crippen LogP contribution in [-0.2, 0) is 16.6 Å². The van der Waals surface area contributed by atoms with E-state index in [1.54, 1.807) is 6.92 Å². The van der Waals surface area contributed by atoms with Crippen LogP contribution in [0.4, 0.5) is 10.1 Å². The minimum atomic E-state index is -3.90. The van der Waals surface area contributed by atoms with Crippen molar-refractivity contribution in [3.05, 3.63) is 46.4 Å². The zero-order valence-electron chi connectivity index (χ0n) is 10.9. The second-order valence-electron chi connectivity index (χ2n) is 4.20. The molecule has 1 aromatic heterocycles. The van der Waals surface area contributed by atoms with Gasteiger partial charge in [0.05, 0.1) is 0 Å². The van der Waals surface area contributed by atoms with Crippen molar-refractivity contribution in [1.82, 2.24) is 4.31 Å². The van der Waals surface area contributed by atoms with Gasteiger partial charge in [-0.2, -0.15) is 4.31 Å². The number of sulfonamides is 1. The average molecular weight is 314 g/mol. The molecule has 0 fully saturated rings. The number of nitrogen functional groups attached to an aromatic ring is 1. The maximum atomic E-state index is 13.8. The van der Waals surface area contributed by atoms with Crippen LogP contribution >= 0.6 is 11.3 Å². The maximum Gasteiger partial charge on any atom is 0.246 e. The van der Waals surface area contributed by atoms with E-state index in [1.807, 2.05) is 17.5 Å². The number of nitrogens with zero attached hydrogens (tertiary/aromatic N) is 1. The third kappa shape index (κ3) is 3.00. The highest BCUT2D eigenvalue weighted by molar-refractivity contribution is 7.89. The summed E-state index contributed by atoms with van der Waals surface area (Å²) in [5.41, 5.74) is 5.77. The van der Waals surface area contributed by atoms with Gasteiger partial charge in [0.1, 0.15) is 10.7 Å². The standard InChI is InChI=1S/C13H15FN2O2S2/c1-2-16(9-11-4-3-7-19-11)20(17,18)13-8-10(15)5-6-12(13)14/h3-8H,2,9,15H2,1H3. The fourth-order valence-corrected chi connectivity index (χ4v) is 4.13. The van der Waals surface area contributed by atoms with Gasteiger partial charge in [-0.15, -0.1) is 11.3 Å². The van der Waals surface area contributed by atoms with Crippen LogP contribution in [0.25, 0.3) is 0 Å². The van der Waals surface area contributed by atoms with Crippen LogP contribution in [-0.4, -0.2) is 19.3 Å². The van der Waals surface area contributed by atoms with Crippen molar-refractivity contribution in [3.8, 4) is 0 Å². The topological polar surface area (TPSA) is 63.4 Å². The number of thiophene rings is 1. The predicted molar refractivity (Wildman–Crippen MR) is 78.4 cm³/mol. The number of hydrogen-bond acceptors (Lipinski definition) is 4. The Kier molecular flexibility index (Phi) is 4.42. The number of benzene rings is 1. The highest BCUT2D eigenvalue weighted by atomic mass is 32.2. The SMILES string of the molecule is CCN(Cc1cccs1)S(=O)(=O)c1cc(N)ccc1F. The first-order valence-electron chi connectivity index (χ1n) is 6.02. The van der Waals surface area contributed by atoms with Crippen molar-refractivity contribution in [2.24, 2.45) is 0 Å². The van der Waals surface area contributed by atoms with Crippen molar-refractivity contribution in [3.63, 3.8) is 0 Å². The molecule has 0 atom stereocenters. The van der Waals surface area contributed by atoms with Crippen LogP contribution in [0.1, 0.15) is 11.8 Å². The minimum absolute atomic E-state index is 0.220. The Morgan fingerprint density at radius 2 is 2.10 bits per heavy atom. The normalized spacial score (nSPS) is 11.9. The van der Waals surface area contributed by atoms with Crippen LogP contribution in [0.5, 0.6) is 0 Å². The van der Waals surface area contributed by atoms with Gasteiger partial charge in [-0.3, -0.25) is 0 Å². The van der Waals surface area contributed by atoms with E-state index in [4.69, 9.17) is 5.73 Å². The Balaban J connectivity index is 2.38. The molecule has 108 valence electrons. The van der Waals surface area contributed by atoms with E-state index < -0.39 is 15.8 Å². The molecule has 0 unspecified atom stereocenters. The van der Waals surface area contributed by atoms with Gasteiger partial charge in [0.15, 0.2) is 0 Å². The lowest BCUT2D eigenvalue weighted by molar-refractivity contribution is 0.422. The second-order valence-corrected chi connectivity index (χ2v) is 7.14.